The van der Waals surface area contributed by atoms with Crippen LogP contribution in [-0.4, -0.2) is 281 Å². The molecule has 6 fully saturated rings. The number of aliphatic hydroxyl groups excluding tert-OH is 4. The van der Waals surface area contributed by atoms with Crippen LogP contribution in [0.15, 0.2) is 36.4 Å². The van der Waals surface area contributed by atoms with Gasteiger partial charge >= 0.3 is 11.9 Å². The van der Waals surface area contributed by atoms with Crippen molar-refractivity contribution in [3.05, 3.63) is 103 Å². The van der Waals surface area contributed by atoms with Crippen LogP contribution < -0.4 is 20.1 Å². The number of carboxylic acid groups (broad SMARTS) is 2. The van der Waals surface area contributed by atoms with Crippen molar-refractivity contribution in [2.75, 3.05) is 52.0 Å². The third-order valence-electron chi connectivity index (χ3n) is 24.7. The smallest absolute Gasteiger partial charge is 0.313 e. The first-order valence-electron chi connectivity index (χ1n) is 39.4. The molecular formula is C82H94N4O33S2. The molecule has 121 heavy (non-hydrogen) atoms. The lowest BCUT2D eigenvalue weighted by Crippen LogP contribution is -2.56. The Bertz CT molecular complexity index is 4600. The van der Waals surface area contributed by atoms with Gasteiger partial charge in [0.2, 0.25) is 47.0 Å². The van der Waals surface area contributed by atoms with Crippen molar-refractivity contribution < 1.29 is 162 Å². The molecule has 0 radical (unpaired) electrons. The van der Waals surface area contributed by atoms with Gasteiger partial charge in [-0.25, -0.2) is 0 Å². The van der Waals surface area contributed by atoms with Crippen molar-refractivity contribution in [1.29, 1.82) is 0 Å². The summed E-state index contributed by atoms with van der Waals surface area (Å²) in [5.74, 6) is -14.3. The van der Waals surface area contributed by atoms with Crippen molar-refractivity contribution in [3.63, 3.8) is 0 Å². The molecule has 10 aliphatic rings. The quantitative estimate of drug-likeness (QED) is 0.0297. The van der Waals surface area contributed by atoms with E-state index >= 15 is 0 Å². The first kappa shape index (κ1) is 90.4. The summed E-state index contributed by atoms with van der Waals surface area (Å²) in [6, 6.07) is 6.71. The van der Waals surface area contributed by atoms with Crippen LogP contribution in [0.25, 0.3) is 0 Å². The number of ketones is 6. The van der Waals surface area contributed by atoms with Crippen molar-refractivity contribution >= 4 is 106 Å². The number of phenols is 4. The maximum atomic E-state index is 14.0. The van der Waals surface area contributed by atoms with Gasteiger partial charge in [-0.15, -0.1) is 23.5 Å². The van der Waals surface area contributed by atoms with Crippen LogP contribution in [-0.2, 0) is 79.7 Å². The number of carboxylic acids is 2. The van der Waals surface area contributed by atoms with Crippen molar-refractivity contribution in [2.45, 2.75) is 200 Å². The summed E-state index contributed by atoms with van der Waals surface area (Å²) in [6.07, 6.45) is -8.88. The number of amides is 6. The number of nitrogens with one attached hydrogen (secondary N) is 2. The number of aromatic hydroxyl groups is 4. The molecule has 4 heterocycles. The summed E-state index contributed by atoms with van der Waals surface area (Å²) < 4.78 is 35.1. The predicted molar refractivity (Wildman–Crippen MR) is 416 cm³/mol. The number of aliphatic hydroxyl groups is 6. The van der Waals surface area contributed by atoms with Crippen molar-refractivity contribution in [1.82, 2.24) is 20.4 Å². The number of likely N-dealkylation sites (tertiary alicyclic amines) is 2. The van der Waals surface area contributed by atoms with Gasteiger partial charge in [0.25, 0.3) is 0 Å². The molecule has 10 unspecified atom stereocenters. The molecule has 4 aromatic rings. The Morgan fingerprint density at radius 3 is 1.19 bits per heavy atom. The topological polar surface area (TPSA) is 599 Å². The molecule has 2 saturated carbocycles. The van der Waals surface area contributed by atoms with Crippen LogP contribution in [0.2, 0.25) is 0 Å². The fourth-order valence-electron chi connectivity index (χ4n) is 18.3. The van der Waals surface area contributed by atoms with E-state index in [-0.39, 0.29) is 147 Å². The van der Waals surface area contributed by atoms with Crippen molar-refractivity contribution in [2.24, 2.45) is 23.7 Å². The molecule has 6 aliphatic carbocycles. The minimum Gasteiger partial charge on any atom is -0.507 e. The van der Waals surface area contributed by atoms with Gasteiger partial charge in [-0.05, 0) is 89.2 Å². The van der Waals surface area contributed by atoms with Crippen molar-refractivity contribution in [3.8, 4) is 34.5 Å². The summed E-state index contributed by atoms with van der Waals surface area (Å²) >= 11 is 1.84. The van der Waals surface area contributed by atoms with E-state index in [4.69, 9.17) is 38.6 Å². The Hall–Kier alpha value is -9.88. The third-order valence-corrected chi connectivity index (χ3v) is 27.1. The number of aliphatic carboxylic acids is 2. The molecule has 652 valence electrons. The summed E-state index contributed by atoms with van der Waals surface area (Å²) in [6.45, 7) is 1.23. The fourth-order valence-corrected chi connectivity index (χ4v) is 20.1. The molecule has 0 spiro atoms. The summed E-state index contributed by atoms with van der Waals surface area (Å²) in [4.78, 5) is 184. The Morgan fingerprint density at radius 1 is 0.512 bits per heavy atom. The van der Waals surface area contributed by atoms with E-state index in [1.807, 2.05) is 0 Å². The lowest BCUT2D eigenvalue weighted by molar-refractivity contribution is -0.249. The normalized spacial score (nSPS) is 29.8. The second-order valence-corrected chi connectivity index (χ2v) is 34.5. The molecule has 37 nitrogen and oxygen atoms in total. The molecule has 6 amide bonds. The zero-order chi connectivity index (χ0) is 86.7. The highest BCUT2D eigenvalue weighted by molar-refractivity contribution is 8.01. The lowest BCUT2D eigenvalue weighted by Gasteiger charge is -2.43. The number of hydrogen-bond donors (Lipinski definition) is 14. The van der Waals surface area contributed by atoms with Crippen LogP contribution in [0, 0.1) is 23.7 Å². The van der Waals surface area contributed by atoms with Crippen LogP contribution in [0.4, 0.5) is 0 Å². The number of hydrogen-bond acceptors (Lipinski definition) is 32. The number of methoxy groups -OCH3 is 2. The maximum Gasteiger partial charge on any atom is 0.313 e. The first-order chi connectivity index (χ1) is 56.9. The van der Waals surface area contributed by atoms with Gasteiger partial charge < -0.3 is 106 Å². The Kier molecular flexibility index (Phi) is 27.1. The van der Waals surface area contributed by atoms with Crippen LogP contribution in [0.3, 0.4) is 0 Å². The average Bonchev–Trinajstić information content (AvgIpc) is 1.33. The molecule has 0 bridgehead atoms. The number of ether oxygens (including phenoxy) is 6. The van der Waals surface area contributed by atoms with Gasteiger partial charge in [-0.3, -0.25) is 76.9 Å². The van der Waals surface area contributed by atoms with E-state index in [2.05, 4.69) is 10.6 Å². The third kappa shape index (κ3) is 17.4. The number of Topliss-reactive ketones (excluding diaryl/α,β-unsaturated/α-hetero) is 2. The van der Waals surface area contributed by atoms with Gasteiger partial charge in [-0.2, -0.15) is 0 Å². The molecule has 4 aromatic carbocycles. The zero-order valence-electron chi connectivity index (χ0n) is 66.0. The zero-order valence-corrected chi connectivity index (χ0v) is 67.6. The number of thioether (sulfide) groups is 2. The van der Waals surface area contributed by atoms with E-state index in [1.165, 1.54) is 74.3 Å². The number of imide groups is 2. The Morgan fingerprint density at radius 2 is 0.860 bits per heavy atom. The summed E-state index contributed by atoms with van der Waals surface area (Å²) in [5.41, 5.74) is -8.31. The van der Waals surface area contributed by atoms with Crippen LogP contribution >= 0.6 is 23.5 Å². The number of rotatable bonds is 24. The van der Waals surface area contributed by atoms with Gasteiger partial charge in [0.05, 0.1) is 106 Å². The van der Waals surface area contributed by atoms with E-state index in [0.717, 1.165) is 23.5 Å². The molecule has 4 saturated heterocycles. The standard InChI is InChI=1S/2C41H46N2O16S.H2O/c2*1-17-34(49)22(42-39(54)19-8-6-18(7-9-19)14-43-27(46)11-25(40(43)55)60-16-28(47)48)10-29(58-17)59-24-13-41(56,26(45)15-44)12-21-31(24)38(53)33-32(36(21)51)35(50)20-4-3-5-23(57-2)30(20)37(33)52;/h2*3-5,17-19,22,24-25,29,34,44,49,51,53,56H,6-16H2,1-2H3,(H,42,54)(H,47,48);1H2/t2*17?,18?,19?,22?,24-,25?,29?,34?,41-;/m00./s1. The maximum absolute atomic E-state index is 14.0. The highest BCUT2D eigenvalue weighted by Crippen LogP contribution is 2.56. The SMILES string of the molecule is COc1cccc2c1C(=O)c1c(O)c3c(c(O)c1C2=O)C[C@@](O)(C(=O)CO)C[C@@H]3OC1CC(NC(=O)C2CCC(CN3C(=O)CC(SCC(=O)O)C3=O)CC2)C(O)C(C)O1.COc1cccc2c1C(=O)c1c(O)c3c(c(O)c1C2=O)C[C@@](O)(C(=O)CO)C[C@@H]3OC1CC(NC(=O)C2CCC(CN3C(=O)CC(SCC(=O)O)C3=O)CC2)C(O)C(C)O1.O. The summed E-state index contributed by atoms with van der Waals surface area (Å²) in [5, 5.41) is 134. The molecule has 14 rings (SSSR count). The molecular weight excluding hydrogens is 1630 g/mol. The largest absolute Gasteiger partial charge is 0.507 e. The average molecular weight is 1730 g/mol. The second-order valence-electron chi connectivity index (χ2n) is 32.1. The predicted octanol–water partition coefficient (Wildman–Crippen LogP) is 0.996. The second kappa shape index (κ2) is 36.3. The number of nitrogens with zero attached hydrogens (tertiary/aromatic N) is 2. The number of carbonyl (C=O) groups excluding carboxylic acids is 12. The van der Waals surface area contributed by atoms with Gasteiger partial charge in [-0.1, -0.05) is 24.3 Å². The van der Waals surface area contributed by atoms with E-state index in [1.54, 1.807) is 0 Å². The van der Waals surface area contributed by atoms with Gasteiger partial charge in [0.1, 0.15) is 71.1 Å². The van der Waals surface area contributed by atoms with Crippen LogP contribution in [0.5, 0.6) is 34.5 Å². The van der Waals surface area contributed by atoms with E-state index < -0.39 is 237 Å². The fraction of sp³-hybridized carbons (Fsp3) is 0.537. The Labute approximate surface area is 698 Å². The highest BCUT2D eigenvalue weighted by Gasteiger charge is 2.55. The minimum atomic E-state index is -2.37. The van der Waals surface area contributed by atoms with Gasteiger partial charge in [0.15, 0.2) is 35.7 Å². The molecule has 0 aromatic heterocycles. The molecule has 16 N–H and O–H groups in total. The molecule has 4 aliphatic heterocycles. The van der Waals surface area contributed by atoms with Crippen LogP contribution in [0.1, 0.15) is 202 Å². The summed E-state index contributed by atoms with van der Waals surface area (Å²) in [7, 11) is 2.60. The highest BCUT2D eigenvalue weighted by atomic mass is 32.2. The van der Waals surface area contributed by atoms with E-state index in [9.17, 15) is 118 Å². The Balaban J connectivity index is 0.000000220. The molecule has 39 heteroatoms. The van der Waals surface area contributed by atoms with Gasteiger partial charge in [0, 0.05) is 110 Å². The lowest BCUT2D eigenvalue weighted by atomic mass is 9.72. The van der Waals surface area contributed by atoms with E-state index in [0.29, 0.717) is 51.4 Å². The molecule has 14 atom stereocenters. The number of benzene rings is 4. The first-order valence-corrected chi connectivity index (χ1v) is 41.5. The number of phenolic OH excluding ortho intramolecular Hbond substituents is 4. The number of fused-ring (bicyclic) bond motifs is 6. The number of carbonyl (C=O) groups is 14. The minimum absolute atomic E-state index is 0. The monoisotopic (exact) mass is 1730 g/mol.